The topological polar surface area (TPSA) is 64.6 Å². The Morgan fingerprint density at radius 1 is 1.28 bits per heavy atom. The van der Waals surface area contributed by atoms with E-state index in [-0.39, 0.29) is 12.1 Å². The van der Waals surface area contributed by atoms with Crippen LogP contribution in [0.1, 0.15) is 18.5 Å². The molecule has 0 aliphatic carbocycles. The van der Waals surface area contributed by atoms with E-state index < -0.39 is 13.6 Å². The second kappa shape index (κ2) is 6.69. The summed E-state index contributed by atoms with van der Waals surface area (Å²) in [6.45, 7) is 1.42. The third-order valence-corrected chi connectivity index (χ3v) is 4.47. The molecule has 0 saturated heterocycles. The Hall–Kier alpha value is -1.16. The molecule has 0 fully saturated rings. The lowest BCUT2D eigenvalue weighted by Gasteiger charge is -2.22. The molecule has 1 rings (SSSR count). The molecule has 0 aliphatic rings. The highest BCUT2D eigenvalue weighted by Crippen LogP contribution is 2.49. The molecule has 0 spiro atoms. The fourth-order valence-corrected chi connectivity index (χ4v) is 2.81. The predicted molar refractivity (Wildman–Crippen MR) is 69.5 cm³/mol. The van der Waals surface area contributed by atoms with Crippen LogP contribution in [-0.2, 0) is 18.4 Å². The van der Waals surface area contributed by atoms with Gasteiger partial charge < -0.3 is 14.4 Å². The summed E-state index contributed by atoms with van der Waals surface area (Å²) in [4.78, 5) is 11.2. The highest BCUT2D eigenvalue weighted by atomic mass is 31.2. The van der Waals surface area contributed by atoms with E-state index in [1.807, 2.05) is 30.3 Å². The lowest BCUT2D eigenvalue weighted by Crippen LogP contribution is -2.29. The van der Waals surface area contributed by atoms with Crippen molar-refractivity contribution in [1.82, 2.24) is 5.32 Å². The summed E-state index contributed by atoms with van der Waals surface area (Å²) in [5.74, 6) is -0.192. The first-order valence-electron chi connectivity index (χ1n) is 5.53. The zero-order valence-electron chi connectivity index (χ0n) is 10.8. The van der Waals surface area contributed by atoms with Gasteiger partial charge in [0, 0.05) is 21.1 Å². The van der Waals surface area contributed by atoms with Gasteiger partial charge in [0.2, 0.25) is 5.91 Å². The Morgan fingerprint density at radius 3 is 2.28 bits per heavy atom. The van der Waals surface area contributed by atoms with Crippen LogP contribution < -0.4 is 5.32 Å². The maximum absolute atomic E-state index is 12.1. The van der Waals surface area contributed by atoms with E-state index in [4.69, 9.17) is 9.05 Å². The van der Waals surface area contributed by atoms with Crippen molar-refractivity contribution < 1.29 is 18.4 Å². The molecule has 0 aromatic heterocycles. The number of amides is 1. The van der Waals surface area contributed by atoms with Crippen molar-refractivity contribution in [2.75, 3.05) is 20.4 Å². The molecular formula is C12H18NO4P. The summed E-state index contributed by atoms with van der Waals surface area (Å²) in [7, 11) is -0.507. The zero-order chi connectivity index (χ0) is 13.6. The molecule has 0 heterocycles. The van der Waals surface area contributed by atoms with Gasteiger partial charge in [0.05, 0.1) is 12.2 Å². The minimum Gasteiger partial charge on any atom is -0.349 e. The molecule has 0 bridgehead atoms. The molecule has 5 nitrogen and oxygen atoms in total. The van der Waals surface area contributed by atoms with Crippen LogP contribution in [0.4, 0.5) is 0 Å². The molecule has 1 atom stereocenters. The van der Waals surface area contributed by atoms with E-state index in [9.17, 15) is 9.36 Å². The van der Waals surface area contributed by atoms with Crippen molar-refractivity contribution in [3.8, 4) is 0 Å². The third kappa shape index (κ3) is 4.26. The van der Waals surface area contributed by atoms with Crippen LogP contribution in [0.25, 0.3) is 0 Å². The fourth-order valence-electron chi connectivity index (χ4n) is 1.61. The van der Waals surface area contributed by atoms with Crippen LogP contribution in [0.2, 0.25) is 0 Å². The molecule has 6 heteroatoms. The van der Waals surface area contributed by atoms with Crippen LogP contribution in [0.15, 0.2) is 30.3 Å². The molecule has 0 unspecified atom stereocenters. The quantitative estimate of drug-likeness (QED) is 0.807. The van der Waals surface area contributed by atoms with Gasteiger partial charge in [0.1, 0.15) is 0 Å². The number of hydrogen-bond acceptors (Lipinski definition) is 4. The van der Waals surface area contributed by atoms with Gasteiger partial charge in [-0.1, -0.05) is 30.3 Å². The minimum absolute atomic E-state index is 0.101. The standard InChI is InChI=1S/C12H18NO4P/c1-10(14)13-12(9-18(15,16-2)17-3)11-7-5-4-6-8-11/h4-8,12H,9H2,1-3H3,(H,13,14)/t12-/m0/s1. The maximum atomic E-state index is 12.1. The van der Waals surface area contributed by atoms with E-state index in [2.05, 4.69) is 5.32 Å². The Morgan fingerprint density at radius 2 is 1.83 bits per heavy atom. The van der Waals surface area contributed by atoms with Gasteiger partial charge in [0.15, 0.2) is 0 Å². The van der Waals surface area contributed by atoms with Gasteiger partial charge in [0.25, 0.3) is 0 Å². The molecule has 18 heavy (non-hydrogen) atoms. The smallest absolute Gasteiger partial charge is 0.332 e. The molecular weight excluding hydrogens is 253 g/mol. The number of rotatable bonds is 6. The first-order valence-corrected chi connectivity index (χ1v) is 7.26. The van der Waals surface area contributed by atoms with Gasteiger partial charge in [-0.3, -0.25) is 9.36 Å². The molecule has 0 radical (unpaired) electrons. The maximum Gasteiger partial charge on any atom is 0.332 e. The molecule has 1 amide bonds. The van der Waals surface area contributed by atoms with Crippen molar-refractivity contribution in [3.63, 3.8) is 0 Å². The number of carbonyl (C=O) groups is 1. The Bertz CT molecular complexity index is 427. The lowest BCUT2D eigenvalue weighted by molar-refractivity contribution is -0.119. The average Bonchev–Trinajstić information content (AvgIpc) is 2.38. The summed E-state index contributed by atoms with van der Waals surface area (Å²) >= 11 is 0. The van der Waals surface area contributed by atoms with Gasteiger partial charge >= 0.3 is 7.60 Å². The highest BCUT2D eigenvalue weighted by molar-refractivity contribution is 7.53. The highest BCUT2D eigenvalue weighted by Gasteiger charge is 2.28. The van der Waals surface area contributed by atoms with Crippen molar-refractivity contribution in [2.45, 2.75) is 13.0 Å². The van der Waals surface area contributed by atoms with Crippen LogP contribution in [0, 0.1) is 0 Å². The first-order chi connectivity index (χ1) is 8.50. The molecule has 0 aliphatic heterocycles. The SMILES string of the molecule is COP(=O)(C[C@H](NC(C)=O)c1ccccc1)OC. The summed E-state index contributed by atoms with van der Waals surface area (Å²) in [6, 6.07) is 8.91. The molecule has 1 aromatic rings. The molecule has 1 aromatic carbocycles. The van der Waals surface area contributed by atoms with E-state index in [0.717, 1.165) is 5.56 Å². The average molecular weight is 271 g/mol. The summed E-state index contributed by atoms with van der Waals surface area (Å²) in [6.07, 6.45) is 0.101. The van der Waals surface area contributed by atoms with Crippen molar-refractivity contribution >= 4 is 13.5 Å². The van der Waals surface area contributed by atoms with Gasteiger partial charge in [-0.2, -0.15) is 0 Å². The monoisotopic (exact) mass is 271 g/mol. The summed E-state index contributed by atoms with van der Waals surface area (Å²) in [5.41, 5.74) is 0.863. The predicted octanol–water partition coefficient (Wildman–Crippen LogP) is 2.35. The number of nitrogens with one attached hydrogen (secondary N) is 1. The van der Waals surface area contributed by atoms with Gasteiger partial charge in [-0.25, -0.2) is 0 Å². The van der Waals surface area contributed by atoms with Crippen LogP contribution in [-0.4, -0.2) is 26.3 Å². The second-order valence-electron chi connectivity index (χ2n) is 3.82. The van der Waals surface area contributed by atoms with E-state index in [1.165, 1.54) is 21.1 Å². The van der Waals surface area contributed by atoms with Crippen molar-refractivity contribution in [3.05, 3.63) is 35.9 Å². The Kier molecular flexibility index (Phi) is 5.54. The second-order valence-corrected chi connectivity index (χ2v) is 6.14. The summed E-state index contributed by atoms with van der Waals surface area (Å²) < 4.78 is 21.9. The minimum atomic E-state index is -3.17. The van der Waals surface area contributed by atoms with E-state index in [1.54, 1.807) is 0 Å². The van der Waals surface area contributed by atoms with Crippen LogP contribution in [0.3, 0.4) is 0 Å². The number of benzene rings is 1. The Labute approximate surface area is 107 Å². The molecule has 1 N–H and O–H groups in total. The van der Waals surface area contributed by atoms with Crippen molar-refractivity contribution in [1.29, 1.82) is 0 Å². The van der Waals surface area contributed by atoms with Crippen molar-refractivity contribution in [2.24, 2.45) is 0 Å². The van der Waals surface area contributed by atoms with E-state index >= 15 is 0 Å². The lowest BCUT2D eigenvalue weighted by atomic mass is 10.1. The third-order valence-electron chi connectivity index (χ3n) is 2.54. The van der Waals surface area contributed by atoms with E-state index in [0.29, 0.717) is 0 Å². The van der Waals surface area contributed by atoms with Crippen LogP contribution >= 0.6 is 7.60 Å². The van der Waals surface area contributed by atoms with Gasteiger partial charge in [-0.05, 0) is 5.56 Å². The Balaban J connectivity index is 2.93. The largest absolute Gasteiger partial charge is 0.349 e. The molecule has 100 valence electrons. The van der Waals surface area contributed by atoms with Gasteiger partial charge in [-0.15, -0.1) is 0 Å². The molecule has 0 saturated carbocycles. The fraction of sp³-hybridized carbons (Fsp3) is 0.417. The number of carbonyl (C=O) groups excluding carboxylic acids is 1. The number of hydrogen-bond donors (Lipinski definition) is 1. The zero-order valence-corrected chi connectivity index (χ0v) is 11.6. The summed E-state index contributed by atoms with van der Waals surface area (Å²) in [5, 5.41) is 2.75. The first kappa shape index (κ1) is 14.9. The normalized spacial score (nSPS) is 13.1. The van der Waals surface area contributed by atoms with Crippen LogP contribution in [0.5, 0.6) is 0 Å².